The smallest absolute Gasteiger partial charge is 0.119 e. The van der Waals surface area contributed by atoms with Crippen LogP contribution in [0.25, 0.3) is 0 Å². The Bertz CT molecular complexity index is 2200. The number of ether oxygens (including phenoxy) is 10. The average molecular weight is 1360 g/mol. The summed E-state index contributed by atoms with van der Waals surface area (Å²) in [5.41, 5.74) is 0. The number of fused-ring (bicyclic) bond motifs is 15. The van der Waals surface area contributed by atoms with E-state index in [1.807, 2.05) is 235 Å². The molecule has 14 fully saturated rings. The number of para-hydroxylation sites is 5. The van der Waals surface area contributed by atoms with Crippen molar-refractivity contribution in [2.24, 2.45) is 71.0 Å². The molecule has 17 unspecified atom stereocenters. The summed E-state index contributed by atoms with van der Waals surface area (Å²) >= 11 is 0. The summed E-state index contributed by atoms with van der Waals surface area (Å²) in [7, 11) is 0. The SMILES string of the molecule is C.C1CC2C3CCC(C3)C2C1.C1CC2C3CCC(C3)C2C1.C1CC2C3CCC(C3)C2C1.CC.CC.CC.CC.CC.CC.c1ccc(OCC2CO2)cc1.c1ccc(OCC2CO2)cc1.c1ccc(OCC2CO2)cc1.c1ccc(OCC2CO2)cc1.c1ccc(OCC2CO2)cc1. The first-order valence-electron chi connectivity index (χ1n) is 39.6. The van der Waals surface area contributed by atoms with Gasteiger partial charge in [0.2, 0.25) is 0 Å². The lowest BCUT2D eigenvalue weighted by molar-refractivity contribution is 0.259. The monoisotopic (exact) mass is 1360 g/mol. The van der Waals surface area contributed by atoms with Gasteiger partial charge in [0, 0.05) is 0 Å². The molecule has 14 aliphatic rings. The summed E-state index contributed by atoms with van der Waals surface area (Å²) in [6.45, 7) is 31.7. The van der Waals surface area contributed by atoms with E-state index in [1.54, 1.807) is 116 Å². The Kier molecular flexibility index (Phi) is 42.2. The van der Waals surface area contributed by atoms with Crippen LogP contribution in [0.5, 0.6) is 28.7 Å². The van der Waals surface area contributed by atoms with Crippen molar-refractivity contribution in [2.45, 2.75) is 237 Å². The molecule has 0 spiro atoms. The Morgan fingerprint density at radius 1 is 0.235 bits per heavy atom. The first-order chi connectivity index (χ1) is 48.1. The minimum Gasteiger partial charge on any atom is -0.491 e. The molecule has 0 amide bonds. The van der Waals surface area contributed by atoms with Gasteiger partial charge in [-0.15, -0.1) is 0 Å². The normalized spacial score (nSPS) is 29.9. The van der Waals surface area contributed by atoms with Crippen LogP contribution < -0.4 is 23.7 Å². The molecule has 5 aromatic rings. The number of epoxide rings is 5. The van der Waals surface area contributed by atoms with E-state index in [9.17, 15) is 0 Å². The Morgan fingerprint density at radius 3 is 0.510 bits per heavy atom. The van der Waals surface area contributed by atoms with E-state index in [2.05, 4.69) is 0 Å². The van der Waals surface area contributed by atoms with E-state index in [0.717, 1.165) is 61.8 Å². The molecular weight excluding hydrogens is 1220 g/mol. The average Bonchev–Trinajstić information content (AvgIpc) is 1.64. The van der Waals surface area contributed by atoms with Crippen LogP contribution in [0.4, 0.5) is 0 Å². The molecule has 5 aliphatic heterocycles. The van der Waals surface area contributed by atoms with Gasteiger partial charge >= 0.3 is 0 Å². The minimum absolute atomic E-state index is 0. The first kappa shape index (κ1) is 83.6. The van der Waals surface area contributed by atoms with Gasteiger partial charge < -0.3 is 47.4 Å². The number of rotatable bonds is 15. The molecule has 10 nitrogen and oxygen atoms in total. The second-order valence-electron chi connectivity index (χ2n) is 26.7. The second kappa shape index (κ2) is 49.5. The van der Waals surface area contributed by atoms with E-state index in [-0.39, 0.29) is 7.43 Å². The van der Waals surface area contributed by atoms with Gasteiger partial charge in [-0.2, -0.15) is 0 Å². The molecule has 5 saturated heterocycles. The lowest BCUT2D eigenvalue weighted by Gasteiger charge is -2.23. The molecule has 10 heteroatoms. The highest BCUT2D eigenvalue weighted by Crippen LogP contribution is 2.60. The van der Waals surface area contributed by atoms with Crippen LogP contribution in [-0.2, 0) is 23.7 Å². The van der Waals surface area contributed by atoms with Gasteiger partial charge in [-0.1, -0.05) is 201 Å². The Labute approximate surface area is 598 Å². The third-order valence-electron chi connectivity index (χ3n) is 21.0. The van der Waals surface area contributed by atoms with E-state index < -0.39 is 0 Å². The summed E-state index contributed by atoms with van der Waals surface area (Å²) in [6, 6.07) is 48.9. The minimum atomic E-state index is 0. The van der Waals surface area contributed by atoms with Crippen molar-refractivity contribution in [1.29, 1.82) is 0 Å². The summed E-state index contributed by atoms with van der Waals surface area (Å²) < 4.78 is 52.1. The highest BCUT2D eigenvalue weighted by molar-refractivity contribution is 5.24. The molecule has 0 N–H and O–H groups in total. The molecule has 0 radical (unpaired) electrons. The molecule has 98 heavy (non-hydrogen) atoms. The van der Waals surface area contributed by atoms with Gasteiger partial charge in [-0.25, -0.2) is 0 Å². The van der Waals surface area contributed by atoms with E-state index in [1.165, 1.54) is 71.0 Å². The largest absolute Gasteiger partial charge is 0.491 e. The quantitative estimate of drug-likeness (QED) is 0.0940. The van der Waals surface area contributed by atoms with Crippen molar-refractivity contribution >= 4 is 0 Å². The van der Waals surface area contributed by atoms with Gasteiger partial charge in [0.15, 0.2) is 0 Å². The topological polar surface area (TPSA) is 109 Å². The van der Waals surface area contributed by atoms with Crippen LogP contribution in [0.2, 0.25) is 0 Å². The molecule has 0 aromatic heterocycles. The third kappa shape index (κ3) is 30.2. The van der Waals surface area contributed by atoms with Crippen LogP contribution in [0.1, 0.15) is 206 Å². The van der Waals surface area contributed by atoms with Gasteiger partial charge in [0.25, 0.3) is 0 Å². The highest BCUT2D eigenvalue weighted by atomic mass is 16.6. The predicted molar refractivity (Wildman–Crippen MR) is 408 cm³/mol. The molecule has 6 bridgehead atoms. The molecule has 9 aliphatic carbocycles. The maximum atomic E-state index is 5.40. The second-order valence-corrected chi connectivity index (χ2v) is 26.7. The summed E-state index contributed by atoms with van der Waals surface area (Å²) in [5.74, 6) is 19.0. The fourth-order valence-corrected chi connectivity index (χ4v) is 16.4. The van der Waals surface area contributed by atoms with Crippen LogP contribution in [-0.4, -0.2) is 96.6 Å². The fraction of sp³-hybridized carbons (Fsp3) is 0.659. The molecule has 17 atom stereocenters. The maximum absolute atomic E-state index is 5.40. The van der Waals surface area contributed by atoms with Crippen molar-refractivity contribution in [3.8, 4) is 28.7 Å². The standard InChI is InChI=1S/3C10H16.5C9H10O2.6C2H6.CH4/c3*1-2-9-7-4-5-8(6-7)10(9)3-1;5*1-2-4-8(5-3-1)10-6-9-7-11-9;6*1-2;/h3*7-10H,1-6H2;5*1-5,9H,6-7H2;6*1-2H3;1H4. The Balaban J connectivity index is 0.000000197. The number of benzene rings is 5. The van der Waals surface area contributed by atoms with Crippen molar-refractivity contribution in [2.75, 3.05) is 66.1 Å². The molecule has 550 valence electrons. The van der Waals surface area contributed by atoms with Gasteiger partial charge in [0.1, 0.15) is 92.3 Å². The van der Waals surface area contributed by atoms with Crippen molar-refractivity contribution in [3.63, 3.8) is 0 Å². The summed E-state index contributed by atoms with van der Waals surface area (Å²) in [5, 5.41) is 0. The van der Waals surface area contributed by atoms with Crippen LogP contribution in [0, 0.1) is 71.0 Å². The Hall–Kier alpha value is -5.10. The maximum Gasteiger partial charge on any atom is 0.119 e. The summed E-state index contributed by atoms with van der Waals surface area (Å²) in [6.07, 6.45) is 30.3. The van der Waals surface area contributed by atoms with Gasteiger partial charge in [-0.3, -0.25) is 0 Å². The molecule has 5 aromatic carbocycles. The molecule has 19 rings (SSSR count). The van der Waals surface area contributed by atoms with Crippen molar-refractivity contribution in [3.05, 3.63) is 152 Å². The molecule has 9 saturated carbocycles. The lowest BCUT2D eigenvalue weighted by atomic mass is 9.82. The molecular formula is C88H138O10. The van der Waals surface area contributed by atoms with E-state index in [0.29, 0.717) is 63.6 Å². The fourth-order valence-electron chi connectivity index (χ4n) is 16.4. The zero-order valence-corrected chi connectivity index (χ0v) is 62.6. The third-order valence-corrected chi connectivity index (χ3v) is 21.0. The van der Waals surface area contributed by atoms with E-state index in [4.69, 9.17) is 47.4 Å². The van der Waals surface area contributed by atoms with Crippen molar-refractivity contribution < 1.29 is 47.4 Å². The van der Waals surface area contributed by atoms with Crippen LogP contribution >= 0.6 is 0 Å². The van der Waals surface area contributed by atoms with E-state index >= 15 is 0 Å². The first-order valence-corrected chi connectivity index (χ1v) is 39.6. The molecule has 5 heterocycles. The zero-order chi connectivity index (χ0) is 69.2. The van der Waals surface area contributed by atoms with Crippen molar-refractivity contribution in [1.82, 2.24) is 0 Å². The highest BCUT2D eigenvalue weighted by Gasteiger charge is 2.51. The number of hydrogen-bond donors (Lipinski definition) is 0. The predicted octanol–water partition coefficient (Wildman–Crippen LogP) is 22.6. The van der Waals surface area contributed by atoms with Gasteiger partial charge in [-0.05, 0) is 228 Å². The zero-order valence-electron chi connectivity index (χ0n) is 62.6. The lowest BCUT2D eigenvalue weighted by Crippen LogP contribution is -2.15. The van der Waals surface area contributed by atoms with Crippen LogP contribution in [0.15, 0.2) is 152 Å². The van der Waals surface area contributed by atoms with Gasteiger partial charge in [0.05, 0.1) is 33.0 Å². The van der Waals surface area contributed by atoms with Crippen LogP contribution in [0.3, 0.4) is 0 Å². The number of hydrogen-bond acceptors (Lipinski definition) is 10. The summed E-state index contributed by atoms with van der Waals surface area (Å²) in [4.78, 5) is 0. The Morgan fingerprint density at radius 2 is 0.378 bits per heavy atom.